The van der Waals surface area contributed by atoms with Crippen molar-refractivity contribution in [2.45, 2.75) is 13.1 Å². The maximum absolute atomic E-state index is 13.6. The first-order valence-electron chi connectivity index (χ1n) is 7.35. The first kappa shape index (κ1) is 16.6. The molecule has 1 aromatic carbocycles. The lowest BCUT2D eigenvalue weighted by molar-refractivity contribution is 0.0912. The average molecular weight is 349 g/mol. The number of benzene rings is 1. The van der Waals surface area contributed by atoms with E-state index >= 15 is 0 Å². The lowest BCUT2D eigenvalue weighted by Crippen LogP contribution is -2.39. The molecule has 0 radical (unpaired) electrons. The maximum Gasteiger partial charge on any atom is 0.271 e. The fourth-order valence-electron chi connectivity index (χ4n) is 2.54. The summed E-state index contributed by atoms with van der Waals surface area (Å²) < 4.78 is 27.8. The lowest BCUT2D eigenvalue weighted by atomic mass is 10.1. The lowest BCUT2D eigenvalue weighted by Gasteiger charge is -2.20. The second-order valence-electron chi connectivity index (χ2n) is 5.44. The van der Waals surface area contributed by atoms with Gasteiger partial charge in [-0.3, -0.25) is 14.4 Å². The minimum absolute atomic E-state index is 0.0383. The molecule has 25 heavy (non-hydrogen) atoms. The Kier molecular flexibility index (Phi) is 4.22. The van der Waals surface area contributed by atoms with E-state index < -0.39 is 34.6 Å². The largest absolute Gasteiger partial charge is 0.503 e. The number of nitrogens with zero attached hydrogens (tertiary/aromatic N) is 1. The molecule has 3 N–H and O–H groups in total. The molecule has 1 aliphatic heterocycles. The number of carbonyl (C=O) groups is 2. The first-order valence-corrected chi connectivity index (χ1v) is 7.35. The first-order chi connectivity index (χ1) is 11.9. The average Bonchev–Trinajstić information content (AvgIpc) is 2.57. The van der Waals surface area contributed by atoms with Gasteiger partial charge >= 0.3 is 0 Å². The van der Waals surface area contributed by atoms with Gasteiger partial charge in [-0.05, 0) is 6.07 Å². The monoisotopic (exact) mass is 349 g/mol. The van der Waals surface area contributed by atoms with E-state index in [1.807, 2.05) is 0 Å². The van der Waals surface area contributed by atoms with Gasteiger partial charge in [-0.25, -0.2) is 8.78 Å². The third-order valence-corrected chi connectivity index (χ3v) is 3.81. The molecule has 0 unspecified atom stereocenters. The summed E-state index contributed by atoms with van der Waals surface area (Å²) in [4.78, 5) is 36.0. The van der Waals surface area contributed by atoms with Crippen LogP contribution in [-0.4, -0.2) is 28.0 Å². The molecule has 0 fully saturated rings. The van der Waals surface area contributed by atoms with E-state index in [4.69, 9.17) is 0 Å². The van der Waals surface area contributed by atoms with Crippen LogP contribution >= 0.6 is 0 Å². The number of pyridine rings is 1. The number of hydrogen-bond donors (Lipinski definition) is 3. The van der Waals surface area contributed by atoms with Crippen LogP contribution in [0.5, 0.6) is 5.75 Å². The molecule has 0 saturated heterocycles. The SMILES string of the molecule is O=C(NCc1ccc(F)cc1F)c1cn2c(c(O)c1=O)C(=O)NCC2. The Balaban J connectivity index is 1.86. The van der Waals surface area contributed by atoms with E-state index in [2.05, 4.69) is 10.6 Å². The molecule has 1 aromatic heterocycles. The Hall–Kier alpha value is -3.23. The molecule has 0 atom stereocenters. The van der Waals surface area contributed by atoms with Crippen molar-refractivity contribution < 1.29 is 23.5 Å². The number of nitrogens with one attached hydrogen (secondary N) is 2. The maximum atomic E-state index is 13.6. The van der Waals surface area contributed by atoms with Crippen molar-refractivity contribution in [1.29, 1.82) is 0 Å². The van der Waals surface area contributed by atoms with Gasteiger partial charge in [0.2, 0.25) is 5.43 Å². The highest BCUT2D eigenvalue weighted by Crippen LogP contribution is 2.16. The number of fused-ring (bicyclic) bond motifs is 1. The second kappa shape index (κ2) is 6.34. The van der Waals surface area contributed by atoms with Gasteiger partial charge in [0.15, 0.2) is 11.4 Å². The van der Waals surface area contributed by atoms with Crippen molar-refractivity contribution in [2.24, 2.45) is 0 Å². The second-order valence-corrected chi connectivity index (χ2v) is 5.44. The fourth-order valence-corrected chi connectivity index (χ4v) is 2.54. The molecule has 2 aromatic rings. The van der Waals surface area contributed by atoms with Crippen LogP contribution in [0.15, 0.2) is 29.2 Å². The standard InChI is InChI=1S/C16H13F2N3O4/c17-9-2-1-8(11(18)5-9)6-20-15(24)10-7-21-4-3-19-16(25)12(21)14(23)13(10)22/h1-2,5,7,23H,3-4,6H2,(H,19,25)(H,20,24). The molecular weight excluding hydrogens is 336 g/mol. The number of aromatic nitrogens is 1. The van der Waals surface area contributed by atoms with Crippen LogP contribution in [0.25, 0.3) is 0 Å². The van der Waals surface area contributed by atoms with Gasteiger partial charge < -0.3 is 20.3 Å². The highest BCUT2D eigenvalue weighted by Gasteiger charge is 2.26. The third-order valence-electron chi connectivity index (χ3n) is 3.81. The zero-order chi connectivity index (χ0) is 18.1. The third kappa shape index (κ3) is 3.08. The zero-order valence-corrected chi connectivity index (χ0v) is 12.8. The van der Waals surface area contributed by atoms with Crippen molar-refractivity contribution in [2.75, 3.05) is 6.54 Å². The minimum atomic E-state index is -1.000. The van der Waals surface area contributed by atoms with Gasteiger partial charge in [0, 0.05) is 37.5 Å². The summed E-state index contributed by atoms with van der Waals surface area (Å²) in [5, 5.41) is 14.7. The van der Waals surface area contributed by atoms with Crippen molar-refractivity contribution in [3.05, 3.63) is 63.1 Å². The van der Waals surface area contributed by atoms with E-state index in [9.17, 15) is 28.3 Å². The van der Waals surface area contributed by atoms with Crippen LogP contribution in [0.3, 0.4) is 0 Å². The van der Waals surface area contributed by atoms with Crippen molar-refractivity contribution >= 4 is 11.8 Å². The van der Waals surface area contributed by atoms with Crippen LogP contribution in [0.4, 0.5) is 8.78 Å². The quantitative estimate of drug-likeness (QED) is 0.751. The van der Waals surface area contributed by atoms with Crippen LogP contribution in [0.2, 0.25) is 0 Å². The molecule has 1 aliphatic rings. The number of rotatable bonds is 3. The summed E-state index contributed by atoms with van der Waals surface area (Å²) in [6.07, 6.45) is 1.17. The van der Waals surface area contributed by atoms with Crippen LogP contribution < -0.4 is 16.1 Å². The number of aromatic hydroxyl groups is 1. The Morgan fingerprint density at radius 3 is 2.80 bits per heavy atom. The molecule has 0 spiro atoms. The van der Waals surface area contributed by atoms with Crippen LogP contribution in [0, 0.1) is 11.6 Å². The summed E-state index contributed by atoms with van der Waals surface area (Å²) in [5.74, 6) is -3.85. The number of hydrogen-bond acceptors (Lipinski definition) is 4. The summed E-state index contributed by atoms with van der Waals surface area (Å²) in [6.45, 7) is 0.297. The van der Waals surface area contributed by atoms with Gasteiger partial charge in [-0.2, -0.15) is 0 Å². The van der Waals surface area contributed by atoms with Crippen molar-refractivity contribution in [1.82, 2.24) is 15.2 Å². The molecule has 130 valence electrons. The zero-order valence-electron chi connectivity index (χ0n) is 12.8. The highest BCUT2D eigenvalue weighted by atomic mass is 19.1. The molecular formula is C16H13F2N3O4. The summed E-state index contributed by atoms with van der Waals surface area (Å²) >= 11 is 0. The van der Waals surface area contributed by atoms with Gasteiger partial charge in [0.25, 0.3) is 11.8 Å². The highest BCUT2D eigenvalue weighted by molar-refractivity contribution is 5.98. The molecule has 9 heteroatoms. The predicted molar refractivity (Wildman–Crippen MR) is 82.2 cm³/mol. The summed E-state index contributed by atoms with van der Waals surface area (Å²) in [5.41, 5.74) is -1.55. The topological polar surface area (TPSA) is 100 Å². The van der Waals surface area contributed by atoms with Gasteiger partial charge in [0.1, 0.15) is 17.2 Å². The number of carbonyl (C=O) groups excluding carboxylic acids is 2. The molecule has 0 saturated carbocycles. The smallest absolute Gasteiger partial charge is 0.271 e. The Labute approximate surface area is 139 Å². The molecule has 3 rings (SSSR count). The van der Waals surface area contributed by atoms with Crippen molar-refractivity contribution in [3.63, 3.8) is 0 Å². The van der Waals surface area contributed by atoms with E-state index in [1.54, 1.807) is 0 Å². The fraction of sp³-hybridized carbons (Fsp3) is 0.188. The summed E-state index contributed by atoms with van der Waals surface area (Å²) in [7, 11) is 0. The number of halogens is 2. The molecule has 2 amide bonds. The van der Waals surface area contributed by atoms with E-state index in [0.29, 0.717) is 6.07 Å². The Bertz CT molecular complexity index is 940. The minimum Gasteiger partial charge on any atom is -0.503 e. The normalized spacial score (nSPS) is 13.1. The molecule has 0 bridgehead atoms. The van der Waals surface area contributed by atoms with Crippen LogP contribution in [0.1, 0.15) is 26.4 Å². The van der Waals surface area contributed by atoms with Gasteiger partial charge in [-0.15, -0.1) is 0 Å². The van der Waals surface area contributed by atoms with Crippen molar-refractivity contribution in [3.8, 4) is 5.75 Å². The Morgan fingerprint density at radius 2 is 2.08 bits per heavy atom. The van der Waals surface area contributed by atoms with Crippen LogP contribution in [-0.2, 0) is 13.1 Å². The molecule has 2 heterocycles. The van der Waals surface area contributed by atoms with Gasteiger partial charge in [0.05, 0.1) is 0 Å². The predicted octanol–water partition coefficient (Wildman–Crippen LogP) is 0.505. The van der Waals surface area contributed by atoms with Gasteiger partial charge in [-0.1, -0.05) is 6.07 Å². The number of amides is 2. The van der Waals surface area contributed by atoms with E-state index in [1.165, 1.54) is 16.8 Å². The molecule has 7 nitrogen and oxygen atoms in total. The summed E-state index contributed by atoms with van der Waals surface area (Å²) in [6, 6.07) is 2.90. The van der Waals surface area contributed by atoms with E-state index in [-0.39, 0.29) is 36.5 Å². The van der Waals surface area contributed by atoms with E-state index in [0.717, 1.165) is 6.07 Å². The Morgan fingerprint density at radius 1 is 1.32 bits per heavy atom. The molecule has 0 aliphatic carbocycles.